The first-order valence-electron chi connectivity index (χ1n) is 4.34. The van der Waals surface area contributed by atoms with Gasteiger partial charge in [0.15, 0.2) is 5.69 Å². The molecule has 0 amide bonds. The molecule has 0 aliphatic heterocycles. The average Bonchev–Trinajstić information content (AvgIpc) is 2.78. The van der Waals surface area contributed by atoms with E-state index in [1.165, 1.54) is 0 Å². The highest BCUT2D eigenvalue weighted by molar-refractivity contribution is 7.09. The van der Waals surface area contributed by atoms with E-state index in [2.05, 4.69) is 10.3 Å². The summed E-state index contributed by atoms with van der Waals surface area (Å²) in [6.45, 7) is 2.28. The number of hydrogen-bond acceptors (Lipinski definition) is 4. The van der Waals surface area contributed by atoms with Gasteiger partial charge in [-0.05, 0) is 18.4 Å². The molecule has 0 aliphatic rings. The molecule has 2 aromatic rings. The second-order valence-corrected chi connectivity index (χ2v) is 4.10. The van der Waals surface area contributed by atoms with Gasteiger partial charge in [0.05, 0.1) is 12.2 Å². The van der Waals surface area contributed by atoms with Gasteiger partial charge in [0.25, 0.3) is 0 Å². The first-order valence-corrected chi connectivity index (χ1v) is 5.22. The second kappa shape index (κ2) is 3.82. The van der Waals surface area contributed by atoms with Crippen molar-refractivity contribution < 1.29 is 9.90 Å². The van der Waals surface area contributed by atoms with Gasteiger partial charge in [-0.25, -0.2) is 9.48 Å². The highest BCUT2D eigenvalue weighted by atomic mass is 32.1. The van der Waals surface area contributed by atoms with E-state index in [4.69, 9.17) is 5.11 Å². The number of nitrogens with zero attached hydrogens (tertiary/aromatic N) is 3. The summed E-state index contributed by atoms with van der Waals surface area (Å²) in [7, 11) is 0. The SMILES string of the molecule is Cc1c(C(=O)O)nnn1Cc1cccs1. The molecule has 0 fully saturated rings. The highest BCUT2D eigenvalue weighted by Gasteiger charge is 2.14. The monoisotopic (exact) mass is 223 g/mol. The van der Waals surface area contributed by atoms with Crippen LogP contribution in [0.1, 0.15) is 21.1 Å². The number of rotatable bonds is 3. The van der Waals surface area contributed by atoms with Crippen molar-refractivity contribution in [3.8, 4) is 0 Å². The van der Waals surface area contributed by atoms with Crippen LogP contribution in [0.2, 0.25) is 0 Å². The Morgan fingerprint density at radius 3 is 3.00 bits per heavy atom. The van der Waals surface area contributed by atoms with Crippen molar-refractivity contribution in [2.24, 2.45) is 0 Å². The number of thiophene rings is 1. The predicted molar refractivity (Wildman–Crippen MR) is 55.1 cm³/mol. The maximum absolute atomic E-state index is 10.7. The molecule has 2 aromatic heterocycles. The van der Waals surface area contributed by atoms with Crippen molar-refractivity contribution in [3.05, 3.63) is 33.8 Å². The average molecular weight is 223 g/mol. The minimum absolute atomic E-state index is 0.0200. The normalized spacial score (nSPS) is 10.5. The molecule has 0 saturated heterocycles. The van der Waals surface area contributed by atoms with Gasteiger partial charge < -0.3 is 5.11 Å². The largest absolute Gasteiger partial charge is 0.476 e. The molecule has 2 heterocycles. The molecule has 5 nitrogen and oxygen atoms in total. The van der Waals surface area contributed by atoms with Gasteiger partial charge in [-0.1, -0.05) is 11.3 Å². The molecule has 0 radical (unpaired) electrons. The highest BCUT2D eigenvalue weighted by Crippen LogP contribution is 2.12. The van der Waals surface area contributed by atoms with Crippen LogP contribution < -0.4 is 0 Å². The summed E-state index contributed by atoms with van der Waals surface area (Å²) in [5.74, 6) is -1.04. The van der Waals surface area contributed by atoms with Crippen LogP contribution in [0.4, 0.5) is 0 Å². The molecule has 0 unspecified atom stereocenters. The molecule has 78 valence electrons. The van der Waals surface area contributed by atoms with Gasteiger partial charge in [0.2, 0.25) is 0 Å². The number of carboxylic acid groups (broad SMARTS) is 1. The van der Waals surface area contributed by atoms with Gasteiger partial charge in [0, 0.05) is 4.88 Å². The molecule has 0 bridgehead atoms. The van der Waals surface area contributed by atoms with Crippen LogP contribution >= 0.6 is 11.3 Å². The molecule has 15 heavy (non-hydrogen) atoms. The zero-order valence-electron chi connectivity index (χ0n) is 8.04. The standard InChI is InChI=1S/C9H9N3O2S/c1-6-8(9(13)14)10-11-12(6)5-7-3-2-4-15-7/h2-4H,5H2,1H3,(H,13,14). The Bertz CT molecular complexity index is 476. The van der Waals surface area contributed by atoms with Crippen LogP contribution in [0.5, 0.6) is 0 Å². The van der Waals surface area contributed by atoms with Crippen molar-refractivity contribution in [1.29, 1.82) is 0 Å². The molecular weight excluding hydrogens is 214 g/mol. The third-order valence-corrected chi connectivity index (χ3v) is 2.93. The van der Waals surface area contributed by atoms with Crippen LogP contribution in [0.25, 0.3) is 0 Å². The fourth-order valence-electron chi connectivity index (χ4n) is 1.26. The van der Waals surface area contributed by atoms with Crippen molar-refractivity contribution in [2.45, 2.75) is 13.5 Å². The molecule has 0 aromatic carbocycles. The molecule has 2 rings (SSSR count). The van der Waals surface area contributed by atoms with Crippen molar-refractivity contribution in [2.75, 3.05) is 0 Å². The van der Waals surface area contributed by atoms with Gasteiger partial charge in [0.1, 0.15) is 0 Å². The van der Waals surface area contributed by atoms with Gasteiger partial charge in [-0.2, -0.15) is 0 Å². The first-order chi connectivity index (χ1) is 7.18. The van der Waals surface area contributed by atoms with Crippen LogP contribution in [-0.4, -0.2) is 26.1 Å². The smallest absolute Gasteiger partial charge is 0.358 e. The Morgan fingerprint density at radius 2 is 2.47 bits per heavy atom. The lowest BCUT2D eigenvalue weighted by Gasteiger charge is -1.99. The van der Waals surface area contributed by atoms with Crippen LogP contribution in [0.3, 0.4) is 0 Å². The summed E-state index contributed by atoms with van der Waals surface area (Å²) in [6, 6.07) is 3.93. The van der Waals surface area contributed by atoms with Crippen LogP contribution in [-0.2, 0) is 6.54 Å². The number of carboxylic acids is 1. The van der Waals surface area contributed by atoms with Gasteiger partial charge in [-0.15, -0.1) is 16.4 Å². The molecule has 1 N–H and O–H groups in total. The zero-order valence-corrected chi connectivity index (χ0v) is 8.86. The lowest BCUT2D eigenvalue weighted by Crippen LogP contribution is -2.04. The zero-order chi connectivity index (χ0) is 10.8. The Morgan fingerprint density at radius 1 is 1.67 bits per heavy atom. The fraction of sp³-hybridized carbons (Fsp3) is 0.222. The summed E-state index contributed by atoms with van der Waals surface area (Å²) in [6.07, 6.45) is 0. The number of aromatic carboxylic acids is 1. The fourth-order valence-corrected chi connectivity index (χ4v) is 1.94. The van der Waals surface area contributed by atoms with E-state index in [9.17, 15) is 4.79 Å². The number of aromatic nitrogens is 3. The van der Waals surface area contributed by atoms with Gasteiger partial charge >= 0.3 is 5.97 Å². The first kappa shape index (κ1) is 9.85. The molecule has 0 aliphatic carbocycles. The lowest BCUT2D eigenvalue weighted by atomic mass is 10.3. The van der Waals surface area contributed by atoms with Crippen LogP contribution in [0.15, 0.2) is 17.5 Å². The topological polar surface area (TPSA) is 68.0 Å². The van der Waals surface area contributed by atoms with Crippen molar-refractivity contribution in [3.63, 3.8) is 0 Å². The Balaban J connectivity index is 2.27. The maximum Gasteiger partial charge on any atom is 0.358 e. The minimum Gasteiger partial charge on any atom is -0.476 e. The maximum atomic E-state index is 10.7. The third-order valence-electron chi connectivity index (χ3n) is 2.07. The molecule has 0 atom stereocenters. The quantitative estimate of drug-likeness (QED) is 0.853. The molecule has 0 spiro atoms. The third kappa shape index (κ3) is 1.89. The minimum atomic E-state index is -1.04. The van der Waals surface area contributed by atoms with Crippen molar-refractivity contribution in [1.82, 2.24) is 15.0 Å². The molecule has 6 heteroatoms. The van der Waals surface area contributed by atoms with E-state index in [1.807, 2.05) is 17.5 Å². The summed E-state index contributed by atoms with van der Waals surface area (Å²) in [4.78, 5) is 11.8. The van der Waals surface area contributed by atoms with E-state index in [1.54, 1.807) is 22.9 Å². The van der Waals surface area contributed by atoms with E-state index in [0.717, 1.165) is 4.88 Å². The van der Waals surface area contributed by atoms with Gasteiger partial charge in [-0.3, -0.25) is 0 Å². The lowest BCUT2D eigenvalue weighted by molar-refractivity contribution is 0.0689. The molecular formula is C9H9N3O2S. The van der Waals surface area contributed by atoms with E-state index < -0.39 is 5.97 Å². The van der Waals surface area contributed by atoms with E-state index in [0.29, 0.717) is 12.2 Å². The van der Waals surface area contributed by atoms with E-state index >= 15 is 0 Å². The Labute approximate surface area is 90.0 Å². The molecule has 0 saturated carbocycles. The Hall–Kier alpha value is -1.69. The number of hydrogen-bond donors (Lipinski definition) is 1. The van der Waals surface area contributed by atoms with Crippen LogP contribution in [0, 0.1) is 6.92 Å². The summed E-state index contributed by atoms with van der Waals surface area (Å²) in [5, 5.41) is 18.2. The van der Waals surface area contributed by atoms with Crippen molar-refractivity contribution >= 4 is 17.3 Å². The summed E-state index contributed by atoms with van der Waals surface area (Å²) >= 11 is 1.61. The number of carbonyl (C=O) groups is 1. The Kier molecular flexibility index (Phi) is 2.51. The second-order valence-electron chi connectivity index (χ2n) is 3.07. The summed E-state index contributed by atoms with van der Waals surface area (Å²) in [5.41, 5.74) is 0.599. The van der Waals surface area contributed by atoms with E-state index in [-0.39, 0.29) is 5.69 Å². The predicted octanol–water partition coefficient (Wildman–Crippen LogP) is 1.39. The summed E-state index contributed by atoms with van der Waals surface area (Å²) < 4.78 is 1.59.